The van der Waals surface area contributed by atoms with E-state index in [1.807, 2.05) is 12.1 Å². The summed E-state index contributed by atoms with van der Waals surface area (Å²) in [6, 6.07) is 6.01. The quantitative estimate of drug-likeness (QED) is 0.838. The maximum absolute atomic E-state index is 5.20. The van der Waals surface area contributed by atoms with Crippen molar-refractivity contribution in [3.63, 3.8) is 0 Å². The fourth-order valence-electron chi connectivity index (χ4n) is 2.93. The summed E-state index contributed by atoms with van der Waals surface area (Å²) in [5.41, 5.74) is 1.10. The van der Waals surface area contributed by atoms with E-state index in [4.69, 9.17) is 4.74 Å². The van der Waals surface area contributed by atoms with E-state index in [1.54, 1.807) is 7.11 Å². The molecule has 1 fully saturated rings. The molecular formula is C17H29N3O. The highest BCUT2D eigenvalue weighted by atomic mass is 16.5. The molecule has 2 rings (SSSR count). The Balaban J connectivity index is 1.80. The molecule has 0 bridgehead atoms. The van der Waals surface area contributed by atoms with Crippen LogP contribution in [0.25, 0.3) is 0 Å². The highest BCUT2D eigenvalue weighted by molar-refractivity contribution is 5.15. The zero-order valence-corrected chi connectivity index (χ0v) is 13.6. The molecule has 1 saturated heterocycles. The monoisotopic (exact) mass is 291 g/mol. The SMILES string of the molecule is COc1cccc(CN2CCCC(CNCC(C)C)C2)n1. The first-order chi connectivity index (χ1) is 10.2. The Hall–Kier alpha value is -1.13. The van der Waals surface area contributed by atoms with Gasteiger partial charge in [0.25, 0.3) is 0 Å². The molecule has 1 aromatic heterocycles. The van der Waals surface area contributed by atoms with E-state index in [0.717, 1.165) is 37.2 Å². The van der Waals surface area contributed by atoms with Crippen LogP contribution in [0.2, 0.25) is 0 Å². The Morgan fingerprint density at radius 2 is 2.29 bits per heavy atom. The van der Waals surface area contributed by atoms with Crippen LogP contribution in [0.1, 0.15) is 32.4 Å². The number of pyridine rings is 1. The van der Waals surface area contributed by atoms with E-state index in [0.29, 0.717) is 5.88 Å². The lowest BCUT2D eigenvalue weighted by atomic mass is 9.97. The number of likely N-dealkylation sites (tertiary alicyclic amines) is 1. The molecule has 1 N–H and O–H groups in total. The van der Waals surface area contributed by atoms with Crippen LogP contribution in [0, 0.1) is 11.8 Å². The molecule has 2 heterocycles. The molecule has 1 aliphatic heterocycles. The Labute approximate surface area is 128 Å². The molecule has 0 aromatic carbocycles. The second-order valence-corrected chi connectivity index (χ2v) is 6.47. The topological polar surface area (TPSA) is 37.4 Å². The minimum Gasteiger partial charge on any atom is -0.481 e. The Morgan fingerprint density at radius 3 is 3.05 bits per heavy atom. The van der Waals surface area contributed by atoms with Crippen molar-refractivity contribution in [2.24, 2.45) is 11.8 Å². The normalized spacial score (nSPS) is 19.9. The van der Waals surface area contributed by atoms with Gasteiger partial charge in [0.05, 0.1) is 12.8 Å². The van der Waals surface area contributed by atoms with Gasteiger partial charge in [0, 0.05) is 19.2 Å². The third-order valence-electron chi connectivity index (χ3n) is 3.96. The predicted octanol–water partition coefficient (Wildman–Crippen LogP) is 2.55. The molecule has 118 valence electrons. The van der Waals surface area contributed by atoms with Gasteiger partial charge in [0.2, 0.25) is 5.88 Å². The highest BCUT2D eigenvalue weighted by Crippen LogP contribution is 2.18. The Kier molecular flexibility index (Phi) is 6.46. The average Bonchev–Trinajstić information content (AvgIpc) is 2.47. The van der Waals surface area contributed by atoms with Crippen LogP contribution in [0.4, 0.5) is 0 Å². The van der Waals surface area contributed by atoms with Crippen LogP contribution in [-0.2, 0) is 6.54 Å². The van der Waals surface area contributed by atoms with Crippen LogP contribution in [0.15, 0.2) is 18.2 Å². The minimum absolute atomic E-state index is 0.708. The van der Waals surface area contributed by atoms with E-state index in [2.05, 4.69) is 35.1 Å². The molecule has 1 aliphatic rings. The second-order valence-electron chi connectivity index (χ2n) is 6.47. The van der Waals surface area contributed by atoms with Gasteiger partial charge in [-0.2, -0.15) is 0 Å². The summed E-state index contributed by atoms with van der Waals surface area (Å²) >= 11 is 0. The molecule has 1 aromatic rings. The summed E-state index contributed by atoms with van der Waals surface area (Å²) in [6.07, 6.45) is 2.63. The predicted molar refractivity (Wildman–Crippen MR) is 86.5 cm³/mol. The number of methoxy groups -OCH3 is 1. The van der Waals surface area contributed by atoms with Gasteiger partial charge in [0.1, 0.15) is 0 Å². The van der Waals surface area contributed by atoms with E-state index in [-0.39, 0.29) is 0 Å². The summed E-state index contributed by atoms with van der Waals surface area (Å²) in [6.45, 7) is 10.1. The third kappa shape index (κ3) is 5.64. The number of piperidine rings is 1. The summed E-state index contributed by atoms with van der Waals surface area (Å²) in [5, 5.41) is 3.59. The number of nitrogens with one attached hydrogen (secondary N) is 1. The lowest BCUT2D eigenvalue weighted by Gasteiger charge is -2.32. The summed E-state index contributed by atoms with van der Waals surface area (Å²) in [7, 11) is 1.67. The van der Waals surface area contributed by atoms with Gasteiger partial charge in [-0.05, 0) is 50.4 Å². The first kappa shape index (κ1) is 16.2. The van der Waals surface area contributed by atoms with Crippen LogP contribution in [0.3, 0.4) is 0 Å². The van der Waals surface area contributed by atoms with Crippen molar-refractivity contribution in [2.75, 3.05) is 33.3 Å². The van der Waals surface area contributed by atoms with E-state index >= 15 is 0 Å². The van der Waals surface area contributed by atoms with Crippen LogP contribution >= 0.6 is 0 Å². The van der Waals surface area contributed by atoms with E-state index < -0.39 is 0 Å². The number of hydrogen-bond donors (Lipinski definition) is 1. The van der Waals surface area contributed by atoms with Crippen molar-refractivity contribution in [3.8, 4) is 5.88 Å². The van der Waals surface area contributed by atoms with Gasteiger partial charge in [0.15, 0.2) is 0 Å². The minimum atomic E-state index is 0.708. The fourth-order valence-corrected chi connectivity index (χ4v) is 2.93. The largest absolute Gasteiger partial charge is 0.481 e. The van der Waals surface area contributed by atoms with Crippen molar-refractivity contribution in [1.29, 1.82) is 0 Å². The lowest BCUT2D eigenvalue weighted by Crippen LogP contribution is -2.39. The molecule has 0 radical (unpaired) electrons. The smallest absolute Gasteiger partial charge is 0.213 e. The molecule has 21 heavy (non-hydrogen) atoms. The first-order valence-electron chi connectivity index (χ1n) is 8.10. The molecule has 4 heteroatoms. The second kappa shape index (κ2) is 8.35. The Morgan fingerprint density at radius 1 is 1.43 bits per heavy atom. The van der Waals surface area contributed by atoms with Crippen molar-refractivity contribution in [1.82, 2.24) is 15.2 Å². The van der Waals surface area contributed by atoms with Gasteiger partial charge < -0.3 is 10.1 Å². The molecule has 4 nitrogen and oxygen atoms in total. The lowest BCUT2D eigenvalue weighted by molar-refractivity contribution is 0.163. The molecular weight excluding hydrogens is 262 g/mol. The van der Waals surface area contributed by atoms with Gasteiger partial charge >= 0.3 is 0 Å². The maximum Gasteiger partial charge on any atom is 0.213 e. The zero-order valence-electron chi connectivity index (χ0n) is 13.6. The van der Waals surface area contributed by atoms with Crippen LogP contribution < -0.4 is 10.1 Å². The van der Waals surface area contributed by atoms with Crippen LogP contribution in [0.5, 0.6) is 5.88 Å². The number of nitrogens with zero attached hydrogens (tertiary/aromatic N) is 2. The third-order valence-corrected chi connectivity index (χ3v) is 3.96. The average molecular weight is 291 g/mol. The van der Waals surface area contributed by atoms with E-state index in [9.17, 15) is 0 Å². The number of rotatable bonds is 7. The van der Waals surface area contributed by atoms with Crippen molar-refractivity contribution in [3.05, 3.63) is 23.9 Å². The van der Waals surface area contributed by atoms with Crippen molar-refractivity contribution < 1.29 is 4.74 Å². The first-order valence-corrected chi connectivity index (χ1v) is 8.10. The van der Waals surface area contributed by atoms with Gasteiger partial charge in [-0.15, -0.1) is 0 Å². The summed E-state index contributed by atoms with van der Waals surface area (Å²) < 4.78 is 5.20. The molecule has 0 amide bonds. The van der Waals surface area contributed by atoms with Gasteiger partial charge in [-0.25, -0.2) is 4.98 Å². The summed E-state index contributed by atoms with van der Waals surface area (Å²) in [5.74, 6) is 2.20. The highest BCUT2D eigenvalue weighted by Gasteiger charge is 2.20. The zero-order chi connectivity index (χ0) is 15.1. The molecule has 1 atom stereocenters. The van der Waals surface area contributed by atoms with Gasteiger partial charge in [-0.3, -0.25) is 4.90 Å². The van der Waals surface area contributed by atoms with Crippen molar-refractivity contribution in [2.45, 2.75) is 33.2 Å². The summed E-state index contributed by atoms with van der Waals surface area (Å²) in [4.78, 5) is 7.04. The fraction of sp³-hybridized carbons (Fsp3) is 0.706. The Bertz CT molecular complexity index is 422. The number of hydrogen-bond acceptors (Lipinski definition) is 4. The van der Waals surface area contributed by atoms with E-state index in [1.165, 1.54) is 25.9 Å². The standard InChI is InChI=1S/C17H29N3O/c1-14(2)10-18-11-15-6-5-9-20(12-15)13-16-7-4-8-17(19-16)21-3/h4,7-8,14-15,18H,5-6,9-13H2,1-3H3. The van der Waals surface area contributed by atoms with Crippen molar-refractivity contribution >= 4 is 0 Å². The number of aromatic nitrogens is 1. The van der Waals surface area contributed by atoms with Gasteiger partial charge in [-0.1, -0.05) is 19.9 Å². The number of ether oxygens (including phenoxy) is 1. The molecule has 0 spiro atoms. The molecule has 0 aliphatic carbocycles. The molecule has 0 saturated carbocycles. The maximum atomic E-state index is 5.20. The van der Waals surface area contributed by atoms with Crippen LogP contribution in [-0.4, -0.2) is 43.2 Å². The molecule has 1 unspecified atom stereocenters.